The molecule has 4 bridgehead atoms. The molecule has 2 aromatic carbocycles. The third-order valence-electron chi connectivity index (χ3n) is 8.87. The van der Waals surface area contributed by atoms with Crippen LogP contribution in [0.15, 0.2) is 42.5 Å². The molecule has 1 saturated heterocycles. The fraction of sp³-hybridized carbons (Fsp3) is 0.571. The van der Waals surface area contributed by atoms with Gasteiger partial charge in [-0.1, -0.05) is 36.4 Å². The molecule has 1 N–H and O–H groups in total. The molecule has 168 valence electrons. The number of carbonyl (C=O) groups is 2. The molecule has 0 aromatic heterocycles. The summed E-state index contributed by atoms with van der Waals surface area (Å²) in [7, 11) is 0. The Balaban J connectivity index is 1.05. The monoisotopic (exact) mass is 430 g/mol. The summed E-state index contributed by atoms with van der Waals surface area (Å²) in [6.45, 7) is 1.43. The average molecular weight is 431 g/mol. The summed E-state index contributed by atoms with van der Waals surface area (Å²) >= 11 is 0. The van der Waals surface area contributed by atoms with Gasteiger partial charge in [0.25, 0.3) is 5.91 Å². The minimum absolute atomic E-state index is 0.111. The van der Waals surface area contributed by atoms with Crippen molar-refractivity contribution in [1.82, 2.24) is 10.2 Å². The van der Waals surface area contributed by atoms with E-state index < -0.39 is 0 Å². The number of rotatable bonds is 4. The number of hydrogen-bond donors (Lipinski definition) is 1. The summed E-state index contributed by atoms with van der Waals surface area (Å²) in [5.41, 5.74) is 1.08. The Morgan fingerprint density at radius 2 is 1.50 bits per heavy atom. The van der Waals surface area contributed by atoms with Crippen LogP contribution in [0.25, 0.3) is 10.8 Å². The SMILES string of the molecule is O=C(CC12CC3CC(CC(C3)C1)C2)NC1CCN(C(=O)c2cccc3ccccc23)CC1. The summed E-state index contributed by atoms with van der Waals surface area (Å²) in [5, 5.41) is 5.47. The second-order valence-corrected chi connectivity index (χ2v) is 11.3. The van der Waals surface area contributed by atoms with E-state index in [0.717, 1.165) is 53.4 Å². The van der Waals surface area contributed by atoms with Crippen molar-refractivity contribution >= 4 is 22.6 Å². The first-order valence-corrected chi connectivity index (χ1v) is 12.6. The van der Waals surface area contributed by atoms with E-state index in [0.29, 0.717) is 18.5 Å². The van der Waals surface area contributed by atoms with Gasteiger partial charge in [-0.15, -0.1) is 0 Å². The van der Waals surface area contributed by atoms with Crippen molar-refractivity contribution in [1.29, 1.82) is 0 Å². The minimum Gasteiger partial charge on any atom is -0.353 e. The Labute approximate surface area is 190 Å². The number of piperidine rings is 1. The first kappa shape index (κ1) is 20.3. The van der Waals surface area contributed by atoms with E-state index in [1.54, 1.807) is 0 Å². The van der Waals surface area contributed by atoms with E-state index >= 15 is 0 Å². The number of carbonyl (C=O) groups excluding carboxylic acids is 2. The second-order valence-electron chi connectivity index (χ2n) is 11.3. The molecule has 0 unspecified atom stereocenters. The van der Waals surface area contributed by atoms with Crippen molar-refractivity contribution in [3.8, 4) is 0 Å². The Kier molecular flexibility index (Phi) is 5.00. The van der Waals surface area contributed by atoms with Gasteiger partial charge in [0.15, 0.2) is 0 Å². The second kappa shape index (κ2) is 7.90. The van der Waals surface area contributed by atoms with Crippen LogP contribution < -0.4 is 5.32 Å². The molecule has 5 aliphatic rings. The molecule has 5 fully saturated rings. The standard InChI is InChI=1S/C28H34N2O2/c31-26(18-28-15-19-12-20(16-28)14-21(13-19)17-28)29-23-8-10-30(11-9-23)27(32)25-7-3-5-22-4-1-2-6-24(22)25/h1-7,19-21,23H,8-18H2,(H,29,31). The molecular weight excluding hydrogens is 396 g/mol. The van der Waals surface area contributed by atoms with E-state index in [1.807, 2.05) is 35.2 Å². The van der Waals surface area contributed by atoms with E-state index in [9.17, 15) is 9.59 Å². The molecule has 0 spiro atoms. The van der Waals surface area contributed by atoms with Crippen LogP contribution in [0, 0.1) is 23.2 Å². The van der Waals surface area contributed by atoms with Crippen LogP contribution in [0.1, 0.15) is 68.1 Å². The largest absolute Gasteiger partial charge is 0.353 e. The molecule has 1 aliphatic heterocycles. The lowest BCUT2D eigenvalue weighted by Crippen LogP contribution is -2.50. The van der Waals surface area contributed by atoms with Gasteiger partial charge in [-0.2, -0.15) is 0 Å². The number of nitrogens with one attached hydrogen (secondary N) is 1. The number of amides is 2. The van der Waals surface area contributed by atoms with Crippen LogP contribution >= 0.6 is 0 Å². The maximum atomic E-state index is 13.2. The highest BCUT2D eigenvalue weighted by Gasteiger charge is 2.51. The summed E-state index contributed by atoms with van der Waals surface area (Å²) in [5.74, 6) is 3.03. The van der Waals surface area contributed by atoms with Crippen LogP contribution in [0.5, 0.6) is 0 Å². The number of fused-ring (bicyclic) bond motifs is 1. The predicted octanol–water partition coefficient (Wildman–Crippen LogP) is 5.17. The predicted molar refractivity (Wildman–Crippen MR) is 126 cm³/mol. The summed E-state index contributed by atoms with van der Waals surface area (Å²) < 4.78 is 0. The van der Waals surface area contributed by atoms with E-state index in [4.69, 9.17) is 0 Å². The van der Waals surface area contributed by atoms with Gasteiger partial charge >= 0.3 is 0 Å². The topological polar surface area (TPSA) is 49.4 Å². The van der Waals surface area contributed by atoms with Crippen molar-refractivity contribution in [3.63, 3.8) is 0 Å². The zero-order valence-electron chi connectivity index (χ0n) is 18.9. The number of nitrogens with zero attached hydrogens (tertiary/aromatic N) is 1. The molecule has 32 heavy (non-hydrogen) atoms. The average Bonchev–Trinajstić information content (AvgIpc) is 2.77. The number of likely N-dealkylation sites (tertiary alicyclic amines) is 1. The van der Waals surface area contributed by atoms with Gasteiger partial charge in [0.05, 0.1) is 0 Å². The Bertz CT molecular complexity index is 996. The Hall–Kier alpha value is -2.36. The third kappa shape index (κ3) is 3.72. The van der Waals surface area contributed by atoms with Gasteiger partial charge in [0.2, 0.25) is 5.91 Å². The van der Waals surface area contributed by atoms with E-state index in [-0.39, 0.29) is 17.9 Å². The third-order valence-corrected chi connectivity index (χ3v) is 8.87. The first-order chi connectivity index (χ1) is 15.6. The number of benzene rings is 2. The zero-order valence-corrected chi connectivity index (χ0v) is 18.9. The molecule has 0 radical (unpaired) electrons. The lowest BCUT2D eigenvalue weighted by atomic mass is 9.49. The summed E-state index contributed by atoms with van der Waals surface area (Å²) in [6, 6.07) is 14.2. The Morgan fingerprint density at radius 3 is 2.19 bits per heavy atom. The van der Waals surface area contributed by atoms with Crippen LogP contribution in [-0.4, -0.2) is 35.8 Å². The van der Waals surface area contributed by atoms with Gasteiger partial charge in [0.1, 0.15) is 0 Å². The normalized spacial score (nSPS) is 31.8. The smallest absolute Gasteiger partial charge is 0.254 e. The first-order valence-electron chi connectivity index (χ1n) is 12.6. The highest BCUT2D eigenvalue weighted by Crippen LogP contribution is 2.61. The number of hydrogen-bond acceptors (Lipinski definition) is 2. The minimum atomic E-state index is 0.111. The van der Waals surface area contributed by atoms with Crippen molar-refractivity contribution in [2.24, 2.45) is 23.2 Å². The fourth-order valence-corrected chi connectivity index (χ4v) is 7.93. The van der Waals surface area contributed by atoms with Crippen molar-refractivity contribution in [3.05, 3.63) is 48.0 Å². The molecule has 2 amide bonds. The lowest BCUT2D eigenvalue weighted by molar-refractivity contribution is -0.130. The quantitative estimate of drug-likeness (QED) is 0.728. The molecular formula is C28H34N2O2. The van der Waals surface area contributed by atoms with Crippen LogP contribution in [0.2, 0.25) is 0 Å². The van der Waals surface area contributed by atoms with E-state index in [2.05, 4.69) is 17.4 Å². The van der Waals surface area contributed by atoms with Gasteiger partial charge in [0, 0.05) is 31.1 Å². The van der Waals surface area contributed by atoms with Crippen molar-refractivity contribution in [2.45, 2.75) is 63.8 Å². The van der Waals surface area contributed by atoms with Gasteiger partial charge in [-0.05, 0) is 91.4 Å². The van der Waals surface area contributed by atoms with Gasteiger partial charge < -0.3 is 10.2 Å². The summed E-state index contributed by atoms with van der Waals surface area (Å²) in [4.78, 5) is 28.1. The molecule has 4 heteroatoms. The van der Waals surface area contributed by atoms with Crippen LogP contribution in [-0.2, 0) is 4.79 Å². The Morgan fingerprint density at radius 1 is 0.875 bits per heavy atom. The maximum Gasteiger partial charge on any atom is 0.254 e. The van der Waals surface area contributed by atoms with Gasteiger partial charge in [-0.3, -0.25) is 9.59 Å². The van der Waals surface area contributed by atoms with Crippen molar-refractivity contribution in [2.75, 3.05) is 13.1 Å². The summed E-state index contributed by atoms with van der Waals surface area (Å²) in [6.07, 6.45) is 10.5. The maximum absolute atomic E-state index is 13.2. The van der Waals surface area contributed by atoms with Crippen molar-refractivity contribution < 1.29 is 9.59 Å². The van der Waals surface area contributed by atoms with E-state index in [1.165, 1.54) is 38.5 Å². The fourth-order valence-electron chi connectivity index (χ4n) is 7.93. The molecule has 4 aliphatic carbocycles. The lowest BCUT2D eigenvalue weighted by Gasteiger charge is -2.56. The molecule has 4 nitrogen and oxygen atoms in total. The zero-order chi connectivity index (χ0) is 21.7. The van der Waals surface area contributed by atoms with Crippen LogP contribution in [0.4, 0.5) is 0 Å². The molecule has 2 aromatic rings. The molecule has 4 saturated carbocycles. The molecule has 1 heterocycles. The highest BCUT2D eigenvalue weighted by atomic mass is 16.2. The van der Waals surface area contributed by atoms with Gasteiger partial charge in [-0.25, -0.2) is 0 Å². The van der Waals surface area contributed by atoms with Crippen LogP contribution in [0.3, 0.4) is 0 Å². The molecule has 7 rings (SSSR count). The highest BCUT2D eigenvalue weighted by molar-refractivity contribution is 6.07. The molecule has 0 atom stereocenters.